The van der Waals surface area contributed by atoms with Crippen molar-refractivity contribution in [3.05, 3.63) is 24.0 Å². The molecule has 0 saturated carbocycles. The van der Waals surface area contributed by atoms with Crippen LogP contribution in [0.3, 0.4) is 0 Å². The lowest BCUT2D eigenvalue weighted by atomic mass is 10.3. The van der Waals surface area contributed by atoms with E-state index < -0.39 is 27.3 Å². The largest absolute Gasteiger partial charge is 0.396 e. The summed E-state index contributed by atoms with van der Waals surface area (Å²) in [5.41, 5.74) is 5.12. The molecular formula is C11H15FN2O3S. The van der Waals surface area contributed by atoms with Crippen LogP contribution in [0.4, 0.5) is 10.1 Å². The zero-order valence-electron chi connectivity index (χ0n) is 9.94. The van der Waals surface area contributed by atoms with Crippen molar-refractivity contribution in [2.24, 2.45) is 0 Å². The molecule has 0 unspecified atom stereocenters. The van der Waals surface area contributed by atoms with Gasteiger partial charge < -0.3 is 11.1 Å². The minimum absolute atomic E-state index is 0.135. The van der Waals surface area contributed by atoms with Gasteiger partial charge in [-0.25, -0.2) is 12.8 Å². The van der Waals surface area contributed by atoms with Gasteiger partial charge in [-0.05, 0) is 24.6 Å². The van der Waals surface area contributed by atoms with Gasteiger partial charge in [0.1, 0.15) is 11.6 Å². The van der Waals surface area contributed by atoms with Crippen molar-refractivity contribution in [3.63, 3.8) is 0 Å². The number of benzene rings is 1. The van der Waals surface area contributed by atoms with Gasteiger partial charge in [0.2, 0.25) is 5.91 Å². The maximum atomic E-state index is 13.2. The van der Waals surface area contributed by atoms with Gasteiger partial charge in [-0.3, -0.25) is 4.79 Å². The lowest BCUT2D eigenvalue weighted by Crippen LogP contribution is -2.30. The average molecular weight is 274 g/mol. The Morgan fingerprint density at radius 1 is 1.44 bits per heavy atom. The average Bonchev–Trinajstić information content (AvgIpc) is 2.29. The summed E-state index contributed by atoms with van der Waals surface area (Å²) >= 11 is 0. The van der Waals surface area contributed by atoms with Gasteiger partial charge in [0, 0.05) is 6.54 Å². The molecule has 1 amide bonds. The highest BCUT2D eigenvalue weighted by Gasteiger charge is 2.20. The second-order valence-corrected chi connectivity index (χ2v) is 5.78. The fraction of sp³-hybridized carbons (Fsp3) is 0.364. The molecule has 3 N–H and O–H groups in total. The molecule has 0 radical (unpaired) electrons. The van der Waals surface area contributed by atoms with E-state index in [0.717, 1.165) is 12.1 Å². The van der Waals surface area contributed by atoms with Crippen LogP contribution in [-0.2, 0) is 14.6 Å². The Bertz CT molecular complexity index is 543. The molecule has 0 bridgehead atoms. The first kappa shape index (κ1) is 14.4. The van der Waals surface area contributed by atoms with Crippen LogP contribution in [0.2, 0.25) is 0 Å². The number of sulfone groups is 1. The van der Waals surface area contributed by atoms with Crippen molar-refractivity contribution < 1.29 is 17.6 Å². The van der Waals surface area contributed by atoms with Crippen molar-refractivity contribution in [1.82, 2.24) is 5.32 Å². The molecule has 7 heteroatoms. The molecule has 100 valence electrons. The Hall–Kier alpha value is -1.63. The van der Waals surface area contributed by atoms with E-state index >= 15 is 0 Å². The lowest BCUT2D eigenvalue weighted by molar-refractivity contribution is -0.118. The number of rotatable bonds is 5. The summed E-state index contributed by atoms with van der Waals surface area (Å²) < 4.78 is 36.8. The normalized spacial score (nSPS) is 11.2. The smallest absolute Gasteiger partial charge is 0.235 e. The molecule has 0 aliphatic rings. The summed E-state index contributed by atoms with van der Waals surface area (Å²) in [6.07, 6.45) is 0.711. The summed E-state index contributed by atoms with van der Waals surface area (Å²) in [4.78, 5) is 11.1. The number of anilines is 1. The van der Waals surface area contributed by atoms with Crippen LogP contribution in [0, 0.1) is 5.82 Å². The number of nitrogen functional groups attached to an aromatic ring is 1. The summed E-state index contributed by atoms with van der Waals surface area (Å²) in [7, 11) is -3.84. The number of hydrogen-bond acceptors (Lipinski definition) is 4. The Balaban J connectivity index is 2.86. The molecule has 5 nitrogen and oxygen atoms in total. The Morgan fingerprint density at radius 3 is 2.67 bits per heavy atom. The molecule has 0 fully saturated rings. The Kier molecular flexibility index (Phi) is 4.66. The Morgan fingerprint density at radius 2 is 2.11 bits per heavy atom. The highest BCUT2D eigenvalue weighted by atomic mass is 32.2. The second kappa shape index (κ2) is 5.81. The zero-order chi connectivity index (χ0) is 13.8. The molecule has 0 spiro atoms. The van der Waals surface area contributed by atoms with Gasteiger partial charge in [-0.15, -0.1) is 0 Å². The minimum Gasteiger partial charge on any atom is -0.396 e. The zero-order valence-corrected chi connectivity index (χ0v) is 10.8. The van der Waals surface area contributed by atoms with Crippen molar-refractivity contribution in [2.45, 2.75) is 18.2 Å². The van der Waals surface area contributed by atoms with Crippen molar-refractivity contribution >= 4 is 21.4 Å². The van der Waals surface area contributed by atoms with E-state index in [1.807, 2.05) is 6.92 Å². The monoisotopic (exact) mass is 274 g/mol. The number of carbonyl (C=O) groups excluding carboxylic acids is 1. The topological polar surface area (TPSA) is 89.3 Å². The fourth-order valence-electron chi connectivity index (χ4n) is 1.27. The first-order valence-corrected chi connectivity index (χ1v) is 7.06. The predicted octanol–water partition coefficient (Wildman–Crippen LogP) is 0.708. The van der Waals surface area contributed by atoms with E-state index in [9.17, 15) is 17.6 Å². The van der Waals surface area contributed by atoms with E-state index in [1.54, 1.807) is 0 Å². The number of nitrogens with two attached hydrogens (primary N) is 1. The van der Waals surface area contributed by atoms with Gasteiger partial charge in [0.05, 0.1) is 10.6 Å². The third-order valence-corrected chi connectivity index (χ3v) is 3.84. The first-order valence-electron chi connectivity index (χ1n) is 5.41. The number of halogens is 1. The maximum absolute atomic E-state index is 13.2. The van der Waals surface area contributed by atoms with Crippen molar-refractivity contribution in [2.75, 3.05) is 18.0 Å². The van der Waals surface area contributed by atoms with Gasteiger partial charge in [0.25, 0.3) is 0 Å². The number of nitrogens with one attached hydrogen (secondary N) is 1. The predicted molar refractivity (Wildman–Crippen MR) is 66.2 cm³/mol. The summed E-state index contributed by atoms with van der Waals surface area (Å²) in [5.74, 6) is -2.12. The lowest BCUT2D eigenvalue weighted by Gasteiger charge is -2.06. The quantitative estimate of drug-likeness (QED) is 0.774. The molecule has 0 saturated heterocycles. The van der Waals surface area contributed by atoms with E-state index in [-0.39, 0.29) is 10.6 Å². The molecule has 18 heavy (non-hydrogen) atoms. The summed E-state index contributed by atoms with van der Waals surface area (Å²) in [5, 5.41) is 2.45. The number of carbonyl (C=O) groups is 1. The van der Waals surface area contributed by atoms with E-state index in [2.05, 4.69) is 5.32 Å². The summed E-state index contributed by atoms with van der Waals surface area (Å²) in [6.45, 7) is 2.26. The SMILES string of the molecule is CCCNC(=O)CS(=O)(=O)c1ccc(N)c(F)c1. The van der Waals surface area contributed by atoms with E-state index in [1.165, 1.54) is 6.07 Å². The van der Waals surface area contributed by atoms with Crippen molar-refractivity contribution in [3.8, 4) is 0 Å². The van der Waals surface area contributed by atoms with E-state index in [4.69, 9.17) is 5.73 Å². The molecule has 0 aliphatic carbocycles. The Labute approximate surface area is 105 Å². The fourth-order valence-corrected chi connectivity index (χ4v) is 2.44. The van der Waals surface area contributed by atoms with Crippen LogP contribution in [0.1, 0.15) is 13.3 Å². The van der Waals surface area contributed by atoms with E-state index in [0.29, 0.717) is 13.0 Å². The highest BCUT2D eigenvalue weighted by Crippen LogP contribution is 2.17. The standard InChI is InChI=1S/C11H15FN2O3S/c1-2-5-14-11(15)7-18(16,17)8-3-4-10(13)9(12)6-8/h3-4,6H,2,5,7,13H2,1H3,(H,14,15). The van der Waals surface area contributed by atoms with Crippen LogP contribution >= 0.6 is 0 Å². The van der Waals surface area contributed by atoms with Crippen LogP contribution < -0.4 is 11.1 Å². The van der Waals surface area contributed by atoms with Crippen LogP contribution in [0.25, 0.3) is 0 Å². The van der Waals surface area contributed by atoms with Gasteiger partial charge in [-0.1, -0.05) is 6.92 Å². The minimum atomic E-state index is -3.84. The van der Waals surface area contributed by atoms with Crippen LogP contribution in [0.15, 0.2) is 23.1 Å². The molecule has 0 heterocycles. The molecule has 0 atom stereocenters. The van der Waals surface area contributed by atoms with Gasteiger partial charge in [-0.2, -0.15) is 0 Å². The number of hydrogen-bond donors (Lipinski definition) is 2. The summed E-state index contributed by atoms with van der Waals surface area (Å²) in [6, 6.07) is 3.16. The third-order valence-electron chi connectivity index (χ3n) is 2.22. The molecule has 1 rings (SSSR count). The first-order chi connectivity index (χ1) is 8.36. The third kappa shape index (κ3) is 3.69. The van der Waals surface area contributed by atoms with Crippen LogP contribution in [0.5, 0.6) is 0 Å². The molecule has 1 aromatic carbocycles. The van der Waals surface area contributed by atoms with Gasteiger partial charge >= 0.3 is 0 Å². The molecule has 1 aromatic rings. The van der Waals surface area contributed by atoms with Crippen molar-refractivity contribution in [1.29, 1.82) is 0 Å². The highest BCUT2D eigenvalue weighted by molar-refractivity contribution is 7.92. The molecule has 0 aliphatic heterocycles. The molecular weight excluding hydrogens is 259 g/mol. The number of amides is 1. The van der Waals surface area contributed by atoms with Crippen LogP contribution in [-0.4, -0.2) is 26.6 Å². The van der Waals surface area contributed by atoms with Gasteiger partial charge in [0.15, 0.2) is 9.84 Å². The molecule has 0 aromatic heterocycles. The second-order valence-electron chi connectivity index (χ2n) is 3.79. The maximum Gasteiger partial charge on any atom is 0.235 e.